The Morgan fingerprint density at radius 2 is 1.93 bits per heavy atom. The lowest BCUT2D eigenvalue weighted by molar-refractivity contribution is 0.568. The molecule has 0 saturated carbocycles. The molecule has 0 spiro atoms. The van der Waals surface area contributed by atoms with Crippen molar-refractivity contribution in [3.63, 3.8) is 0 Å². The molecule has 138 valence electrons. The molecule has 6 heterocycles. The van der Waals surface area contributed by atoms with E-state index in [-0.39, 0.29) is 0 Å². The Hall–Kier alpha value is -4.33. The molecule has 0 atom stereocenters. The Morgan fingerprint density at radius 3 is 2.79 bits per heavy atom. The molecule has 0 fully saturated rings. The first kappa shape index (κ1) is 15.7. The number of pyridine rings is 3. The van der Waals surface area contributed by atoms with Gasteiger partial charge in [0.2, 0.25) is 0 Å². The summed E-state index contributed by atoms with van der Waals surface area (Å²) in [6.07, 6.45) is 8.59. The van der Waals surface area contributed by atoms with Crippen LogP contribution in [0.3, 0.4) is 0 Å². The van der Waals surface area contributed by atoms with Crippen molar-refractivity contribution in [2.75, 3.05) is 0 Å². The minimum absolute atomic E-state index is 0.632. The Labute approximate surface area is 163 Å². The van der Waals surface area contributed by atoms with Crippen LogP contribution in [-0.2, 0) is 0 Å². The van der Waals surface area contributed by atoms with Crippen LogP contribution in [-0.4, -0.2) is 35.1 Å². The molecule has 0 amide bonds. The fourth-order valence-electron chi connectivity index (χ4n) is 3.42. The van der Waals surface area contributed by atoms with Gasteiger partial charge in [-0.05, 0) is 30.3 Å². The maximum atomic E-state index is 5.22. The van der Waals surface area contributed by atoms with Gasteiger partial charge in [0, 0.05) is 28.9 Å². The minimum Gasteiger partial charge on any atom is -0.472 e. The van der Waals surface area contributed by atoms with Crippen LogP contribution in [0.1, 0.15) is 0 Å². The van der Waals surface area contributed by atoms with Gasteiger partial charge in [-0.3, -0.25) is 15.1 Å². The molecule has 6 rings (SSSR count). The van der Waals surface area contributed by atoms with E-state index in [1.807, 2.05) is 36.4 Å². The average Bonchev–Trinajstić information content (AvgIpc) is 3.52. The molecule has 0 bridgehead atoms. The Kier molecular flexibility index (Phi) is 3.30. The number of imidazole rings is 1. The van der Waals surface area contributed by atoms with Crippen molar-refractivity contribution in [1.29, 1.82) is 0 Å². The predicted octanol–water partition coefficient (Wildman–Crippen LogP) is 4.22. The lowest BCUT2D eigenvalue weighted by atomic mass is 10.1. The number of nitrogens with zero attached hydrogens (tertiary/aromatic N) is 5. The smallest absolute Gasteiger partial charge is 0.160 e. The van der Waals surface area contributed by atoms with Crippen LogP contribution in [0.4, 0.5) is 0 Å². The van der Waals surface area contributed by atoms with E-state index >= 15 is 0 Å². The van der Waals surface area contributed by atoms with E-state index in [1.165, 1.54) is 0 Å². The molecule has 0 saturated heterocycles. The van der Waals surface area contributed by atoms with Crippen LogP contribution in [0.2, 0.25) is 0 Å². The summed E-state index contributed by atoms with van der Waals surface area (Å²) >= 11 is 0. The highest BCUT2D eigenvalue weighted by atomic mass is 16.3. The van der Waals surface area contributed by atoms with Gasteiger partial charge in [-0.25, -0.2) is 9.97 Å². The number of fused-ring (bicyclic) bond motifs is 2. The molecule has 0 aliphatic heterocycles. The second kappa shape index (κ2) is 6.10. The van der Waals surface area contributed by atoms with Crippen molar-refractivity contribution in [1.82, 2.24) is 35.1 Å². The molecule has 8 heteroatoms. The number of hydrogen-bond donors (Lipinski definition) is 2. The second-order valence-electron chi connectivity index (χ2n) is 6.56. The lowest BCUT2D eigenvalue weighted by Crippen LogP contribution is -1.87. The minimum atomic E-state index is 0.632. The van der Waals surface area contributed by atoms with E-state index in [0.717, 1.165) is 38.9 Å². The standard InChI is InChI=1S/C21H13N7O/c1-2-6-22-15(3-1)16-9-14-17(10-24-16)27-28-19(14)21-25-18-13(12-5-8-29-11-12)4-7-23-20(18)26-21/h1-11H,(H,27,28)(H,23,25,26). The highest BCUT2D eigenvalue weighted by Crippen LogP contribution is 2.31. The van der Waals surface area contributed by atoms with E-state index in [2.05, 4.69) is 30.1 Å². The van der Waals surface area contributed by atoms with Crippen LogP contribution >= 0.6 is 0 Å². The fraction of sp³-hybridized carbons (Fsp3) is 0. The Balaban J connectivity index is 1.53. The SMILES string of the molecule is c1ccc(-c2cc3c(-c4nc5c(-c6ccoc6)ccnc5[nH]4)n[nH]c3cn2)nc1. The first-order valence-electron chi connectivity index (χ1n) is 9.00. The summed E-state index contributed by atoms with van der Waals surface area (Å²) in [6, 6.07) is 11.5. The molecule has 0 aliphatic rings. The summed E-state index contributed by atoms with van der Waals surface area (Å²) in [4.78, 5) is 21.4. The van der Waals surface area contributed by atoms with Crippen LogP contribution in [0.25, 0.3) is 56.1 Å². The van der Waals surface area contributed by atoms with Gasteiger partial charge in [-0.2, -0.15) is 5.10 Å². The third kappa shape index (κ3) is 2.50. The first-order valence-corrected chi connectivity index (χ1v) is 9.00. The molecule has 0 aromatic carbocycles. The van der Waals surface area contributed by atoms with Crippen molar-refractivity contribution in [2.45, 2.75) is 0 Å². The van der Waals surface area contributed by atoms with Gasteiger partial charge < -0.3 is 9.40 Å². The van der Waals surface area contributed by atoms with Gasteiger partial charge in [0.05, 0.1) is 35.6 Å². The number of aromatic amines is 2. The normalized spacial score (nSPS) is 11.4. The Bertz CT molecular complexity index is 1450. The van der Waals surface area contributed by atoms with Crippen LogP contribution in [0.15, 0.2) is 71.9 Å². The number of H-pyrrole nitrogens is 2. The number of rotatable bonds is 3. The van der Waals surface area contributed by atoms with Gasteiger partial charge in [-0.15, -0.1) is 0 Å². The van der Waals surface area contributed by atoms with E-state index in [9.17, 15) is 0 Å². The quantitative estimate of drug-likeness (QED) is 0.476. The summed E-state index contributed by atoms with van der Waals surface area (Å²) in [6.45, 7) is 0. The topological polar surface area (TPSA) is 109 Å². The van der Waals surface area contributed by atoms with Crippen molar-refractivity contribution in [3.8, 4) is 34.0 Å². The zero-order chi connectivity index (χ0) is 19.2. The zero-order valence-electron chi connectivity index (χ0n) is 15.0. The number of aromatic nitrogens is 7. The van der Waals surface area contributed by atoms with Crippen molar-refractivity contribution in [3.05, 3.63) is 67.5 Å². The second-order valence-corrected chi connectivity index (χ2v) is 6.56. The Morgan fingerprint density at radius 1 is 0.931 bits per heavy atom. The van der Waals surface area contributed by atoms with Gasteiger partial charge in [-0.1, -0.05) is 6.07 Å². The van der Waals surface area contributed by atoms with Crippen LogP contribution in [0, 0.1) is 0 Å². The molecule has 0 radical (unpaired) electrons. The first-order chi connectivity index (χ1) is 14.4. The molecule has 6 aromatic heterocycles. The van der Waals surface area contributed by atoms with Gasteiger partial charge >= 0.3 is 0 Å². The average molecular weight is 379 g/mol. The fourth-order valence-corrected chi connectivity index (χ4v) is 3.42. The van der Waals surface area contributed by atoms with Crippen LogP contribution < -0.4 is 0 Å². The summed E-state index contributed by atoms with van der Waals surface area (Å²) in [7, 11) is 0. The van der Waals surface area contributed by atoms with Crippen molar-refractivity contribution in [2.24, 2.45) is 0 Å². The molecule has 0 aliphatic carbocycles. The highest BCUT2D eigenvalue weighted by molar-refractivity contribution is 5.96. The number of hydrogen-bond acceptors (Lipinski definition) is 6. The molecular weight excluding hydrogens is 366 g/mol. The third-order valence-corrected chi connectivity index (χ3v) is 4.82. The number of nitrogens with one attached hydrogen (secondary N) is 2. The van der Waals surface area contributed by atoms with E-state index in [0.29, 0.717) is 17.2 Å². The molecular formula is C21H13N7O. The maximum Gasteiger partial charge on any atom is 0.160 e. The van der Waals surface area contributed by atoms with Crippen molar-refractivity contribution >= 4 is 22.1 Å². The summed E-state index contributed by atoms with van der Waals surface area (Å²) in [5.41, 5.74) is 6.45. The van der Waals surface area contributed by atoms with E-state index < -0.39 is 0 Å². The predicted molar refractivity (Wildman–Crippen MR) is 108 cm³/mol. The molecule has 8 nitrogen and oxygen atoms in total. The zero-order valence-corrected chi connectivity index (χ0v) is 15.0. The summed E-state index contributed by atoms with van der Waals surface area (Å²) < 4.78 is 5.22. The maximum absolute atomic E-state index is 5.22. The lowest BCUT2D eigenvalue weighted by Gasteiger charge is -2.00. The highest BCUT2D eigenvalue weighted by Gasteiger charge is 2.17. The summed E-state index contributed by atoms with van der Waals surface area (Å²) in [5.74, 6) is 0.632. The molecule has 2 N–H and O–H groups in total. The largest absolute Gasteiger partial charge is 0.472 e. The van der Waals surface area contributed by atoms with E-state index in [4.69, 9.17) is 9.40 Å². The molecule has 6 aromatic rings. The van der Waals surface area contributed by atoms with E-state index in [1.54, 1.807) is 31.1 Å². The van der Waals surface area contributed by atoms with Gasteiger partial charge in [0.1, 0.15) is 11.2 Å². The van der Waals surface area contributed by atoms with Crippen molar-refractivity contribution < 1.29 is 4.42 Å². The summed E-state index contributed by atoms with van der Waals surface area (Å²) in [5, 5.41) is 8.39. The van der Waals surface area contributed by atoms with Gasteiger partial charge in [0.15, 0.2) is 11.5 Å². The monoisotopic (exact) mass is 379 g/mol. The third-order valence-electron chi connectivity index (χ3n) is 4.82. The number of furan rings is 1. The van der Waals surface area contributed by atoms with Crippen LogP contribution in [0.5, 0.6) is 0 Å². The molecule has 29 heavy (non-hydrogen) atoms. The van der Waals surface area contributed by atoms with Gasteiger partial charge in [0.25, 0.3) is 0 Å². The molecule has 0 unspecified atom stereocenters.